The molecule has 0 N–H and O–H groups in total. The number of hydrogen-bond acceptors (Lipinski definition) is 7. The Balaban J connectivity index is 1.86. The molecule has 0 amide bonds. The molecule has 1 aliphatic heterocycles. The third kappa shape index (κ3) is 3.68. The Labute approximate surface area is 177 Å². The number of allylic oxidation sites excluding steroid dienone is 2. The fourth-order valence-corrected chi connectivity index (χ4v) is 4.37. The average molecular weight is 418 g/mol. The molecule has 7 heteroatoms. The Morgan fingerprint density at radius 2 is 1.90 bits per heavy atom. The van der Waals surface area contributed by atoms with E-state index in [2.05, 4.69) is 13.5 Å². The molecule has 1 aliphatic carbocycles. The topological polar surface area (TPSA) is 72.5 Å². The summed E-state index contributed by atoms with van der Waals surface area (Å²) in [7, 11) is 6.20. The van der Waals surface area contributed by atoms with Crippen molar-refractivity contribution in [1.82, 2.24) is 0 Å². The van der Waals surface area contributed by atoms with E-state index in [0.29, 0.717) is 36.7 Å². The van der Waals surface area contributed by atoms with Gasteiger partial charge in [-0.25, -0.2) is 0 Å². The van der Waals surface area contributed by atoms with Gasteiger partial charge in [-0.1, -0.05) is 19.1 Å². The van der Waals surface area contributed by atoms with Crippen molar-refractivity contribution in [2.75, 3.05) is 28.4 Å². The number of fused-ring (bicyclic) bond motifs is 1. The fourth-order valence-electron chi connectivity index (χ4n) is 4.37. The molecule has 4 unspecified atom stereocenters. The second-order valence-corrected chi connectivity index (χ2v) is 7.58. The highest BCUT2D eigenvalue weighted by molar-refractivity contribution is 5.99. The maximum absolute atomic E-state index is 12.7. The smallest absolute Gasteiger partial charge is 0.229 e. The van der Waals surface area contributed by atoms with Crippen LogP contribution in [0.3, 0.4) is 0 Å². The molecule has 30 heavy (non-hydrogen) atoms. The number of methoxy groups -OCH3 is 4. The molecule has 1 aromatic carbocycles. The number of benzene rings is 1. The van der Waals surface area contributed by atoms with Gasteiger partial charge in [0, 0.05) is 18.4 Å². The van der Waals surface area contributed by atoms with Gasteiger partial charge in [0.15, 0.2) is 17.3 Å². The Kier molecular flexibility index (Phi) is 6.73. The third-order valence-corrected chi connectivity index (χ3v) is 6.10. The van der Waals surface area contributed by atoms with E-state index in [4.69, 9.17) is 28.4 Å². The van der Waals surface area contributed by atoms with Crippen LogP contribution in [-0.2, 0) is 30.3 Å². The summed E-state index contributed by atoms with van der Waals surface area (Å²) in [6, 6.07) is 5.62. The number of carbonyl (C=O) groups excluding carboxylic acids is 1. The summed E-state index contributed by atoms with van der Waals surface area (Å²) >= 11 is 0. The highest BCUT2D eigenvalue weighted by Gasteiger charge is 2.58. The number of Topliss-reactive ketones (excluding diaryl/α,β-unsaturated/α-hetero) is 1. The minimum Gasteiger partial charge on any atom is -0.493 e. The average Bonchev–Trinajstić information content (AvgIpc) is 3.03. The first-order valence-electron chi connectivity index (χ1n) is 9.91. The molecule has 3 rings (SSSR count). The van der Waals surface area contributed by atoms with E-state index in [0.717, 1.165) is 5.56 Å². The maximum Gasteiger partial charge on any atom is 0.229 e. The second-order valence-electron chi connectivity index (χ2n) is 7.58. The zero-order chi connectivity index (χ0) is 21.9. The summed E-state index contributed by atoms with van der Waals surface area (Å²) in [4.78, 5) is 12.7. The lowest BCUT2D eigenvalue weighted by molar-refractivity contribution is -0.133. The van der Waals surface area contributed by atoms with Crippen molar-refractivity contribution < 1.29 is 33.2 Å². The minimum absolute atomic E-state index is 0.0402. The van der Waals surface area contributed by atoms with Gasteiger partial charge in [0.25, 0.3) is 0 Å². The third-order valence-electron chi connectivity index (χ3n) is 6.10. The Hall–Kier alpha value is -2.51. The van der Waals surface area contributed by atoms with Crippen LogP contribution in [0.25, 0.3) is 0 Å². The van der Waals surface area contributed by atoms with Gasteiger partial charge in [0.1, 0.15) is 6.10 Å². The monoisotopic (exact) mass is 418 g/mol. The first-order chi connectivity index (χ1) is 14.4. The molecular formula is C23H30O7. The van der Waals surface area contributed by atoms with E-state index in [9.17, 15) is 4.79 Å². The van der Waals surface area contributed by atoms with Crippen LogP contribution < -0.4 is 9.47 Å². The van der Waals surface area contributed by atoms with Gasteiger partial charge in [0.2, 0.25) is 17.8 Å². The van der Waals surface area contributed by atoms with Crippen LogP contribution in [0.1, 0.15) is 25.3 Å². The van der Waals surface area contributed by atoms with Crippen molar-refractivity contribution in [2.24, 2.45) is 11.3 Å². The van der Waals surface area contributed by atoms with Crippen molar-refractivity contribution >= 4 is 5.78 Å². The Bertz CT molecular complexity index is 831. The van der Waals surface area contributed by atoms with Crippen molar-refractivity contribution in [2.45, 2.75) is 38.8 Å². The minimum atomic E-state index is -0.584. The molecule has 0 saturated carbocycles. The van der Waals surface area contributed by atoms with Gasteiger partial charge >= 0.3 is 0 Å². The Morgan fingerprint density at radius 1 is 1.17 bits per heavy atom. The molecular weight excluding hydrogens is 388 g/mol. The van der Waals surface area contributed by atoms with Crippen LogP contribution in [0.15, 0.2) is 42.4 Å². The van der Waals surface area contributed by atoms with Crippen LogP contribution in [-0.4, -0.2) is 46.6 Å². The highest BCUT2D eigenvalue weighted by atomic mass is 16.7. The summed E-state index contributed by atoms with van der Waals surface area (Å²) in [6.07, 6.45) is 1.83. The number of ether oxygens (including phenoxy) is 6. The first kappa shape index (κ1) is 22.2. The number of hydrogen-bond donors (Lipinski definition) is 0. The second kappa shape index (κ2) is 9.10. The van der Waals surface area contributed by atoms with Crippen LogP contribution in [0, 0.1) is 11.3 Å². The van der Waals surface area contributed by atoms with Crippen molar-refractivity contribution in [3.8, 4) is 11.5 Å². The molecule has 1 fully saturated rings. The number of ketones is 1. The molecule has 164 valence electrons. The first-order valence-corrected chi connectivity index (χ1v) is 9.91. The maximum atomic E-state index is 12.7. The lowest BCUT2D eigenvalue weighted by Crippen LogP contribution is -2.42. The summed E-state index contributed by atoms with van der Waals surface area (Å²) in [5, 5.41) is 0. The zero-order valence-electron chi connectivity index (χ0n) is 18.2. The molecule has 2 aliphatic rings. The van der Waals surface area contributed by atoms with Crippen LogP contribution in [0.5, 0.6) is 11.5 Å². The summed E-state index contributed by atoms with van der Waals surface area (Å²) in [6.45, 7) is 6.29. The van der Waals surface area contributed by atoms with E-state index in [1.165, 1.54) is 14.2 Å². The molecule has 0 spiro atoms. The zero-order valence-corrected chi connectivity index (χ0v) is 18.2. The normalized spacial score (nSPS) is 28.0. The summed E-state index contributed by atoms with van der Waals surface area (Å²) < 4.78 is 33.9. The molecule has 0 aromatic heterocycles. The van der Waals surface area contributed by atoms with Crippen molar-refractivity contribution in [3.05, 3.63) is 47.9 Å². The number of carbonyl (C=O) groups is 1. The van der Waals surface area contributed by atoms with Gasteiger partial charge in [-0.3, -0.25) is 4.79 Å². The van der Waals surface area contributed by atoms with Gasteiger partial charge in [-0.05, 0) is 30.5 Å². The fraction of sp³-hybridized carbons (Fsp3) is 0.522. The highest BCUT2D eigenvalue weighted by Crippen LogP contribution is 2.56. The van der Waals surface area contributed by atoms with E-state index in [1.54, 1.807) is 14.2 Å². The lowest BCUT2D eigenvalue weighted by Gasteiger charge is -2.38. The van der Waals surface area contributed by atoms with Gasteiger partial charge < -0.3 is 28.4 Å². The van der Waals surface area contributed by atoms with Crippen LogP contribution >= 0.6 is 0 Å². The number of rotatable bonds is 9. The SMILES string of the molecule is C=CCC12CC(OC)C(=O)C(OC)=C1OC(OCc1ccc(OC)c(OC)c1)C2C. The quantitative estimate of drug-likeness (QED) is 0.567. The van der Waals surface area contributed by atoms with Crippen LogP contribution in [0.4, 0.5) is 0 Å². The van der Waals surface area contributed by atoms with Crippen molar-refractivity contribution in [1.29, 1.82) is 0 Å². The molecule has 1 saturated heterocycles. The largest absolute Gasteiger partial charge is 0.493 e. The molecule has 1 aromatic rings. The predicted octanol–water partition coefficient (Wildman–Crippen LogP) is 3.62. The van der Waals surface area contributed by atoms with E-state index in [-0.39, 0.29) is 17.5 Å². The Morgan fingerprint density at radius 3 is 2.50 bits per heavy atom. The molecule has 7 nitrogen and oxygen atoms in total. The molecule has 0 radical (unpaired) electrons. The van der Waals surface area contributed by atoms with Gasteiger partial charge in [0.05, 0.1) is 27.9 Å². The molecule has 4 atom stereocenters. The van der Waals surface area contributed by atoms with E-state index < -0.39 is 17.8 Å². The van der Waals surface area contributed by atoms with Gasteiger partial charge in [-0.15, -0.1) is 6.58 Å². The predicted molar refractivity (Wildman–Crippen MR) is 110 cm³/mol. The lowest BCUT2D eigenvalue weighted by atomic mass is 9.66. The van der Waals surface area contributed by atoms with Crippen LogP contribution in [0.2, 0.25) is 0 Å². The summed E-state index contributed by atoms with van der Waals surface area (Å²) in [5.74, 6) is 1.78. The summed E-state index contributed by atoms with van der Waals surface area (Å²) in [5.41, 5.74) is 0.451. The van der Waals surface area contributed by atoms with Crippen molar-refractivity contribution in [3.63, 3.8) is 0 Å². The molecule has 0 bridgehead atoms. The van der Waals surface area contributed by atoms with Gasteiger partial charge in [-0.2, -0.15) is 0 Å². The molecule has 1 heterocycles. The standard InChI is InChI=1S/C23H30O7/c1-7-10-23-12-18(27-5)19(24)20(28-6)21(23)30-22(14(23)2)29-13-15-8-9-16(25-3)17(11-15)26-4/h7-9,11,14,18,22H,1,10,12-13H2,2-6H3. The van der Waals surface area contributed by atoms with E-state index >= 15 is 0 Å². The van der Waals surface area contributed by atoms with E-state index in [1.807, 2.05) is 24.3 Å².